The molecule has 2 aliphatic rings. The number of hydrogen-bond acceptors (Lipinski definition) is 7. The van der Waals surface area contributed by atoms with Crippen molar-refractivity contribution in [2.45, 2.75) is 19.4 Å². The minimum absolute atomic E-state index is 0.0892. The molecule has 2 amide bonds. The Hall–Kier alpha value is -3.12. The summed E-state index contributed by atoms with van der Waals surface area (Å²) in [7, 11) is -0.325. The summed E-state index contributed by atoms with van der Waals surface area (Å²) >= 11 is 0. The zero-order valence-corrected chi connectivity index (χ0v) is 17.1. The van der Waals surface area contributed by atoms with Gasteiger partial charge in [-0.3, -0.25) is 14.5 Å². The molecular weight excluding hydrogens is 396 g/mol. The quantitative estimate of drug-likeness (QED) is 0.539. The summed E-state index contributed by atoms with van der Waals surface area (Å²) in [6, 6.07) is 6.13. The van der Waals surface area contributed by atoms with E-state index in [0.717, 1.165) is 4.90 Å². The Morgan fingerprint density at radius 2 is 1.86 bits per heavy atom. The van der Waals surface area contributed by atoms with Crippen molar-refractivity contribution in [1.82, 2.24) is 4.90 Å². The summed E-state index contributed by atoms with van der Waals surface area (Å²) in [5.41, 5.74) is 0.865. The minimum Gasteiger partial charge on any atom is -0.493 e. The number of sulfone groups is 1. The summed E-state index contributed by atoms with van der Waals surface area (Å²) in [5.74, 6) is -0.755. The maximum Gasteiger partial charge on any atom is 0.271 e. The molecule has 1 unspecified atom stereocenters. The van der Waals surface area contributed by atoms with Crippen LogP contribution in [0.3, 0.4) is 0 Å². The van der Waals surface area contributed by atoms with Gasteiger partial charge in [-0.05, 0) is 42.7 Å². The van der Waals surface area contributed by atoms with E-state index in [-0.39, 0.29) is 34.6 Å². The average Bonchev–Trinajstić information content (AvgIpc) is 3.04. The summed E-state index contributed by atoms with van der Waals surface area (Å²) < 4.78 is 34.2. The third-order valence-corrected chi connectivity index (χ3v) is 6.82. The molecular formula is C20H20N2O6S. The van der Waals surface area contributed by atoms with Gasteiger partial charge in [0.1, 0.15) is 11.6 Å². The van der Waals surface area contributed by atoms with E-state index in [1.165, 1.54) is 21.1 Å². The van der Waals surface area contributed by atoms with Crippen LogP contribution in [0.5, 0.6) is 11.5 Å². The number of amides is 2. The van der Waals surface area contributed by atoms with Gasteiger partial charge in [0.05, 0.1) is 31.8 Å². The SMILES string of the molecule is COc1ccc(/C=C2\C(=O)N(C3CCS(=O)(=O)C3)C(=O)C(C#N)=C2C)cc1OC. The molecule has 152 valence electrons. The molecule has 0 radical (unpaired) electrons. The zero-order valence-electron chi connectivity index (χ0n) is 16.3. The largest absolute Gasteiger partial charge is 0.493 e. The predicted octanol–water partition coefficient (Wildman–Crippen LogP) is 1.48. The van der Waals surface area contributed by atoms with Crippen LogP contribution in [0.4, 0.5) is 0 Å². The fourth-order valence-corrected chi connectivity index (χ4v) is 5.22. The third kappa shape index (κ3) is 3.76. The number of carbonyl (C=O) groups is 2. The maximum atomic E-state index is 13.1. The van der Waals surface area contributed by atoms with Gasteiger partial charge in [-0.15, -0.1) is 0 Å². The molecule has 9 heteroatoms. The number of rotatable bonds is 4. The Labute approximate surface area is 168 Å². The molecule has 2 aliphatic heterocycles. The fourth-order valence-electron chi connectivity index (χ4n) is 3.52. The summed E-state index contributed by atoms with van der Waals surface area (Å²) in [6.45, 7) is 1.53. The molecule has 0 spiro atoms. The van der Waals surface area contributed by atoms with E-state index in [2.05, 4.69) is 0 Å². The first-order chi connectivity index (χ1) is 13.7. The van der Waals surface area contributed by atoms with E-state index in [0.29, 0.717) is 17.1 Å². The summed E-state index contributed by atoms with van der Waals surface area (Å²) in [4.78, 5) is 26.8. The molecule has 0 saturated carbocycles. The lowest BCUT2D eigenvalue weighted by molar-refractivity contribution is -0.142. The first-order valence-corrected chi connectivity index (χ1v) is 10.7. The van der Waals surface area contributed by atoms with Crippen LogP contribution in [0.2, 0.25) is 0 Å². The van der Waals surface area contributed by atoms with Gasteiger partial charge in [-0.1, -0.05) is 6.07 Å². The van der Waals surface area contributed by atoms with Gasteiger partial charge in [0.25, 0.3) is 11.8 Å². The van der Waals surface area contributed by atoms with E-state index in [1.54, 1.807) is 24.3 Å². The number of methoxy groups -OCH3 is 2. The third-order valence-electron chi connectivity index (χ3n) is 5.06. The average molecular weight is 416 g/mol. The number of carbonyl (C=O) groups excluding carboxylic acids is 2. The summed E-state index contributed by atoms with van der Waals surface area (Å²) in [6.07, 6.45) is 1.72. The highest BCUT2D eigenvalue weighted by Gasteiger charge is 2.43. The number of nitrogens with zero attached hydrogens (tertiary/aromatic N) is 2. The first kappa shape index (κ1) is 20.6. The topological polar surface area (TPSA) is 114 Å². The predicted molar refractivity (Wildman–Crippen MR) is 105 cm³/mol. The minimum atomic E-state index is -3.32. The number of hydrogen-bond donors (Lipinski definition) is 0. The van der Waals surface area contributed by atoms with Crippen molar-refractivity contribution in [2.75, 3.05) is 25.7 Å². The van der Waals surface area contributed by atoms with Gasteiger partial charge in [0.2, 0.25) is 0 Å². The lowest BCUT2D eigenvalue weighted by Gasteiger charge is -2.31. The highest BCUT2D eigenvalue weighted by molar-refractivity contribution is 7.91. The molecule has 0 bridgehead atoms. The van der Waals surface area contributed by atoms with Gasteiger partial charge in [-0.2, -0.15) is 5.26 Å². The molecule has 0 aromatic heterocycles. The molecule has 3 rings (SSSR count). The van der Waals surface area contributed by atoms with Crippen LogP contribution in [0, 0.1) is 11.3 Å². The van der Waals surface area contributed by atoms with Gasteiger partial charge < -0.3 is 9.47 Å². The van der Waals surface area contributed by atoms with Crippen molar-refractivity contribution in [3.05, 3.63) is 40.5 Å². The highest BCUT2D eigenvalue weighted by Crippen LogP contribution is 2.33. The molecule has 1 saturated heterocycles. The van der Waals surface area contributed by atoms with Crippen molar-refractivity contribution in [1.29, 1.82) is 5.26 Å². The van der Waals surface area contributed by atoms with Gasteiger partial charge in [-0.25, -0.2) is 8.42 Å². The molecule has 2 heterocycles. The Morgan fingerprint density at radius 1 is 1.17 bits per heavy atom. The van der Waals surface area contributed by atoms with Gasteiger partial charge >= 0.3 is 0 Å². The first-order valence-electron chi connectivity index (χ1n) is 8.85. The van der Waals surface area contributed by atoms with Crippen LogP contribution in [0.25, 0.3) is 6.08 Å². The number of ether oxygens (including phenoxy) is 2. The van der Waals surface area contributed by atoms with Crippen LogP contribution in [-0.4, -0.2) is 56.9 Å². The number of benzene rings is 1. The van der Waals surface area contributed by atoms with Crippen molar-refractivity contribution >= 4 is 27.7 Å². The molecule has 1 atom stereocenters. The van der Waals surface area contributed by atoms with Crippen molar-refractivity contribution < 1.29 is 27.5 Å². The molecule has 0 aliphatic carbocycles. The van der Waals surface area contributed by atoms with Gasteiger partial charge in [0, 0.05) is 5.57 Å². The maximum absolute atomic E-state index is 13.1. The fraction of sp³-hybridized carbons (Fsp3) is 0.350. The van der Waals surface area contributed by atoms with Gasteiger partial charge in [0.15, 0.2) is 21.3 Å². The smallest absolute Gasteiger partial charge is 0.271 e. The Morgan fingerprint density at radius 3 is 2.41 bits per heavy atom. The normalized spacial score (nSPS) is 22.8. The second-order valence-electron chi connectivity index (χ2n) is 6.82. The van der Waals surface area contributed by atoms with E-state index < -0.39 is 27.7 Å². The molecule has 1 aromatic carbocycles. The monoisotopic (exact) mass is 416 g/mol. The van der Waals surface area contributed by atoms with Crippen LogP contribution in [0.1, 0.15) is 18.9 Å². The van der Waals surface area contributed by atoms with E-state index in [9.17, 15) is 23.3 Å². The van der Waals surface area contributed by atoms with Crippen molar-refractivity contribution in [3.8, 4) is 17.6 Å². The zero-order chi connectivity index (χ0) is 21.3. The Balaban J connectivity index is 2.09. The van der Waals surface area contributed by atoms with E-state index >= 15 is 0 Å². The molecule has 1 aromatic rings. The Kier molecular flexibility index (Phi) is 5.48. The molecule has 8 nitrogen and oxygen atoms in total. The van der Waals surface area contributed by atoms with Crippen LogP contribution >= 0.6 is 0 Å². The van der Waals surface area contributed by atoms with Crippen LogP contribution in [-0.2, 0) is 19.4 Å². The van der Waals surface area contributed by atoms with Crippen molar-refractivity contribution in [3.63, 3.8) is 0 Å². The number of nitriles is 1. The summed E-state index contributed by atoms with van der Waals surface area (Å²) in [5, 5.41) is 9.47. The van der Waals surface area contributed by atoms with Crippen LogP contribution in [0.15, 0.2) is 34.9 Å². The Bertz CT molecular complexity index is 1090. The van der Waals surface area contributed by atoms with Crippen LogP contribution < -0.4 is 9.47 Å². The molecule has 29 heavy (non-hydrogen) atoms. The second kappa shape index (κ2) is 7.72. The standard InChI is InChI=1S/C20H20N2O6S/c1-12-15(8-13-4-5-17(27-2)18(9-13)28-3)19(23)22(20(24)16(12)10-21)14-6-7-29(25,26)11-14/h4-5,8-9,14H,6-7,11H2,1-3H3/b15-8-. The lowest BCUT2D eigenvalue weighted by Crippen LogP contribution is -2.49. The van der Waals surface area contributed by atoms with E-state index in [4.69, 9.17) is 9.47 Å². The van der Waals surface area contributed by atoms with E-state index in [1.807, 2.05) is 6.07 Å². The molecule has 0 N–H and O–H groups in total. The van der Waals surface area contributed by atoms with Crippen molar-refractivity contribution in [2.24, 2.45) is 0 Å². The lowest BCUT2D eigenvalue weighted by atomic mass is 9.92. The second-order valence-corrected chi connectivity index (χ2v) is 9.05. The highest BCUT2D eigenvalue weighted by atomic mass is 32.2. The molecule has 1 fully saturated rings. The number of imide groups is 1.